The summed E-state index contributed by atoms with van der Waals surface area (Å²) in [6.45, 7) is 11.3. The van der Waals surface area contributed by atoms with Gasteiger partial charge in [-0.3, -0.25) is 14.9 Å². The first-order chi connectivity index (χ1) is 17.6. The van der Waals surface area contributed by atoms with E-state index in [1.165, 1.54) is 24.9 Å². The van der Waals surface area contributed by atoms with Gasteiger partial charge < -0.3 is 25.2 Å². The molecule has 1 aliphatic carbocycles. The van der Waals surface area contributed by atoms with E-state index in [2.05, 4.69) is 37.9 Å². The Bertz CT molecular complexity index is 987. The summed E-state index contributed by atoms with van der Waals surface area (Å²) in [5, 5.41) is 8.53. The minimum absolute atomic E-state index is 0.104. The van der Waals surface area contributed by atoms with E-state index in [0.29, 0.717) is 24.7 Å². The lowest BCUT2D eigenvalue weighted by Gasteiger charge is -2.34. The highest BCUT2D eigenvalue weighted by molar-refractivity contribution is 6.01. The van der Waals surface area contributed by atoms with Crippen molar-refractivity contribution in [1.29, 1.82) is 0 Å². The Morgan fingerprint density at radius 1 is 1.05 bits per heavy atom. The SMILES string of the molecule is CC(C)(C)NC(=O)OC1C2CN(CCC3CCN(c4ccc(NC5CCC(=O)NC5=O)cc4)CC3)CC21. The molecule has 0 bridgehead atoms. The summed E-state index contributed by atoms with van der Waals surface area (Å²) >= 11 is 0. The molecule has 1 saturated carbocycles. The monoisotopic (exact) mass is 511 g/mol. The number of alkyl carbamates (subject to hydrolysis) is 1. The number of rotatable bonds is 7. The molecule has 3 aliphatic heterocycles. The highest BCUT2D eigenvalue weighted by atomic mass is 16.6. The fourth-order valence-electron chi connectivity index (χ4n) is 6.02. The van der Waals surface area contributed by atoms with Crippen LogP contribution in [0.15, 0.2) is 24.3 Å². The second-order valence-electron chi connectivity index (χ2n) is 12.2. The van der Waals surface area contributed by atoms with Gasteiger partial charge >= 0.3 is 6.09 Å². The van der Waals surface area contributed by atoms with Crippen molar-refractivity contribution in [3.8, 4) is 0 Å². The van der Waals surface area contributed by atoms with Crippen LogP contribution in [-0.2, 0) is 14.3 Å². The largest absolute Gasteiger partial charge is 0.446 e. The molecule has 3 N–H and O–H groups in total. The van der Waals surface area contributed by atoms with Gasteiger partial charge in [-0.15, -0.1) is 0 Å². The maximum absolute atomic E-state index is 12.0. The summed E-state index contributed by atoms with van der Waals surface area (Å²) in [5.74, 6) is 1.34. The molecule has 5 rings (SSSR count). The van der Waals surface area contributed by atoms with E-state index in [9.17, 15) is 14.4 Å². The van der Waals surface area contributed by atoms with Crippen LogP contribution in [0.2, 0.25) is 0 Å². The normalized spacial score (nSPS) is 28.5. The maximum atomic E-state index is 12.0. The van der Waals surface area contributed by atoms with Crippen molar-refractivity contribution in [2.24, 2.45) is 17.8 Å². The summed E-state index contributed by atoms with van der Waals surface area (Å²) in [5.41, 5.74) is 1.86. The van der Waals surface area contributed by atoms with Gasteiger partial charge in [-0.1, -0.05) is 0 Å². The molecule has 3 amide bonds. The number of nitrogens with zero attached hydrogens (tertiary/aromatic N) is 2. The lowest BCUT2D eigenvalue weighted by atomic mass is 9.93. The lowest BCUT2D eigenvalue weighted by Crippen LogP contribution is -2.47. The minimum atomic E-state index is -0.354. The zero-order chi connectivity index (χ0) is 26.2. The molecule has 4 fully saturated rings. The van der Waals surface area contributed by atoms with Gasteiger partial charge in [-0.2, -0.15) is 0 Å². The summed E-state index contributed by atoms with van der Waals surface area (Å²) in [4.78, 5) is 40.3. The van der Waals surface area contributed by atoms with Gasteiger partial charge in [0.1, 0.15) is 12.1 Å². The Hall–Kier alpha value is -2.81. The van der Waals surface area contributed by atoms with Crippen LogP contribution in [-0.4, -0.2) is 73.2 Å². The quantitative estimate of drug-likeness (QED) is 0.484. The molecule has 4 aliphatic rings. The van der Waals surface area contributed by atoms with Crippen molar-refractivity contribution in [3.05, 3.63) is 24.3 Å². The Morgan fingerprint density at radius 3 is 2.35 bits per heavy atom. The van der Waals surface area contributed by atoms with E-state index in [1.807, 2.05) is 32.9 Å². The zero-order valence-corrected chi connectivity index (χ0v) is 22.3. The van der Waals surface area contributed by atoms with Gasteiger partial charge in [-0.25, -0.2) is 4.79 Å². The minimum Gasteiger partial charge on any atom is -0.446 e. The van der Waals surface area contributed by atoms with Crippen molar-refractivity contribution in [1.82, 2.24) is 15.5 Å². The van der Waals surface area contributed by atoms with Crippen LogP contribution in [0.1, 0.15) is 52.9 Å². The highest BCUT2D eigenvalue weighted by Crippen LogP contribution is 2.48. The molecule has 3 atom stereocenters. The third kappa shape index (κ3) is 6.55. The predicted octanol–water partition coefficient (Wildman–Crippen LogP) is 2.97. The van der Waals surface area contributed by atoms with Crippen molar-refractivity contribution < 1.29 is 19.1 Å². The standard InChI is InChI=1S/C28H41N5O4/c1-28(2,3)31-27(36)37-25-21-16-32(17-22(21)25)13-10-18-11-14-33(15-12-18)20-6-4-19(5-7-20)29-23-8-9-24(34)30-26(23)35/h4-7,18,21-23,25,29H,8-17H2,1-3H3,(H,31,36)(H,30,34,35). The molecule has 1 aromatic rings. The number of amides is 3. The van der Waals surface area contributed by atoms with Gasteiger partial charge in [0.25, 0.3) is 0 Å². The number of carbonyl (C=O) groups excluding carboxylic acids is 3. The Morgan fingerprint density at radius 2 is 1.73 bits per heavy atom. The van der Waals surface area contributed by atoms with Gasteiger partial charge in [0, 0.05) is 61.3 Å². The molecule has 0 spiro atoms. The van der Waals surface area contributed by atoms with Crippen LogP contribution in [0, 0.1) is 17.8 Å². The third-order valence-corrected chi connectivity index (χ3v) is 8.19. The van der Waals surface area contributed by atoms with Crippen LogP contribution < -0.4 is 20.9 Å². The zero-order valence-electron chi connectivity index (χ0n) is 22.3. The average molecular weight is 512 g/mol. The fraction of sp³-hybridized carbons (Fsp3) is 0.679. The van der Waals surface area contributed by atoms with E-state index < -0.39 is 0 Å². The Balaban J connectivity index is 0.984. The molecule has 3 unspecified atom stereocenters. The Labute approximate surface area is 219 Å². The molecule has 9 nitrogen and oxygen atoms in total. The molecule has 202 valence electrons. The lowest BCUT2D eigenvalue weighted by molar-refractivity contribution is -0.133. The number of hydrogen-bond donors (Lipinski definition) is 3. The molecule has 3 saturated heterocycles. The first-order valence-electron chi connectivity index (χ1n) is 13.8. The first-order valence-corrected chi connectivity index (χ1v) is 13.8. The van der Waals surface area contributed by atoms with Crippen molar-refractivity contribution >= 4 is 29.3 Å². The second kappa shape index (κ2) is 10.5. The van der Waals surface area contributed by atoms with Gasteiger partial charge in [0.05, 0.1) is 0 Å². The summed E-state index contributed by atoms with van der Waals surface area (Å²) in [6, 6.07) is 7.92. The van der Waals surface area contributed by atoms with Crippen LogP contribution >= 0.6 is 0 Å². The fourth-order valence-corrected chi connectivity index (χ4v) is 6.02. The maximum Gasteiger partial charge on any atom is 0.407 e. The number of nitrogens with one attached hydrogen (secondary N) is 3. The number of fused-ring (bicyclic) bond motifs is 1. The molecule has 9 heteroatoms. The number of carbonyl (C=O) groups is 3. The smallest absolute Gasteiger partial charge is 0.407 e. The van der Waals surface area contributed by atoms with E-state index in [0.717, 1.165) is 44.3 Å². The van der Waals surface area contributed by atoms with Crippen LogP contribution in [0.3, 0.4) is 0 Å². The topological polar surface area (TPSA) is 103 Å². The number of likely N-dealkylation sites (tertiary alicyclic amines) is 1. The summed E-state index contributed by atoms with van der Waals surface area (Å²) < 4.78 is 5.64. The van der Waals surface area contributed by atoms with E-state index in [4.69, 9.17) is 4.74 Å². The summed E-state index contributed by atoms with van der Waals surface area (Å²) in [7, 11) is 0. The van der Waals surface area contributed by atoms with Crippen molar-refractivity contribution in [2.45, 2.75) is 70.6 Å². The van der Waals surface area contributed by atoms with Gasteiger partial charge in [0.2, 0.25) is 11.8 Å². The number of imide groups is 1. The molecule has 1 aromatic carbocycles. The number of benzene rings is 1. The first kappa shape index (κ1) is 25.8. The average Bonchev–Trinajstić information content (AvgIpc) is 3.27. The molecule has 3 heterocycles. The van der Waals surface area contributed by atoms with E-state index in [1.54, 1.807) is 0 Å². The number of hydrogen-bond acceptors (Lipinski definition) is 7. The van der Waals surface area contributed by atoms with Crippen LogP contribution in [0.5, 0.6) is 0 Å². The molecular formula is C28H41N5O4. The third-order valence-electron chi connectivity index (χ3n) is 8.19. The van der Waals surface area contributed by atoms with E-state index in [-0.39, 0.29) is 35.6 Å². The summed E-state index contributed by atoms with van der Waals surface area (Å²) in [6.07, 6.45) is 4.36. The molecular weight excluding hydrogens is 470 g/mol. The molecule has 0 radical (unpaired) electrons. The second-order valence-corrected chi connectivity index (χ2v) is 12.2. The van der Waals surface area contributed by atoms with Crippen molar-refractivity contribution in [3.63, 3.8) is 0 Å². The highest BCUT2D eigenvalue weighted by Gasteiger charge is 2.58. The molecule has 37 heavy (non-hydrogen) atoms. The van der Waals surface area contributed by atoms with Crippen molar-refractivity contribution in [2.75, 3.05) is 42.9 Å². The molecule has 0 aromatic heterocycles. The van der Waals surface area contributed by atoms with Gasteiger partial charge in [-0.05, 0) is 83.2 Å². The van der Waals surface area contributed by atoms with Crippen LogP contribution in [0.25, 0.3) is 0 Å². The number of ether oxygens (including phenoxy) is 1. The Kier molecular flexibility index (Phi) is 7.34. The predicted molar refractivity (Wildman–Crippen MR) is 142 cm³/mol. The van der Waals surface area contributed by atoms with Crippen LogP contribution in [0.4, 0.5) is 16.2 Å². The number of anilines is 2. The number of piperidine rings is 3. The van der Waals surface area contributed by atoms with Gasteiger partial charge in [0.15, 0.2) is 0 Å². The van der Waals surface area contributed by atoms with E-state index >= 15 is 0 Å².